The number of hydrogen-bond donors (Lipinski definition) is 2. The van der Waals surface area contributed by atoms with Gasteiger partial charge in [-0.25, -0.2) is 0 Å². The zero-order chi connectivity index (χ0) is 12.3. The number of likely N-dealkylation sites (tertiary alicyclic amines) is 1. The predicted octanol–water partition coefficient (Wildman–Crippen LogP) is 1.31. The number of carboxylic acids is 1. The van der Waals surface area contributed by atoms with E-state index in [-0.39, 0.29) is 6.04 Å². The summed E-state index contributed by atoms with van der Waals surface area (Å²) in [5.41, 5.74) is 0. The maximum absolute atomic E-state index is 11.1. The molecule has 1 heterocycles. The quantitative estimate of drug-likeness (QED) is 0.704. The van der Waals surface area contributed by atoms with Crippen molar-refractivity contribution >= 4 is 5.97 Å². The van der Waals surface area contributed by atoms with Crippen molar-refractivity contribution in [2.75, 3.05) is 19.6 Å². The third kappa shape index (κ3) is 3.96. The molecule has 1 saturated carbocycles. The lowest BCUT2D eigenvalue weighted by molar-refractivity contribution is -0.139. The third-order valence-corrected chi connectivity index (χ3v) is 3.99. The van der Waals surface area contributed by atoms with E-state index in [1.807, 2.05) is 0 Å². The van der Waals surface area contributed by atoms with Crippen molar-refractivity contribution in [1.29, 1.82) is 0 Å². The second-order valence-electron chi connectivity index (χ2n) is 5.48. The SMILES string of the molecule is CCC1CCN(CCC(NC2CC2)C(=O)O)C1. The summed E-state index contributed by atoms with van der Waals surface area (Å²) in [6.45, 7) is 5.47. The van der Waals surface area contributed by atoms with Crippen LogP contribution in [0.2, 0.25) is 0 Å². The van der Waals surface area contributed by atoms with Gasteiger partial charge in [-0.05, 0) is 38.1 Å². The summed E-state index contributed by atoms with van der Waals surface area (Å²) >= 11 is 0. The van der Waals surface area contributed by atoms with Crippen molar-refractivity contribution in [3.05, 3.63) is 0 Å². The van der Waals surface area contributed by atoms with Gasteiger partial charge >= 0.3 is 5.97 Å². The van der Waals surface area contributed by atoms with Crippen LogP contribution in [0.1, 0.15) is 39.0 Å². The van der Waals surface area contributed by atoms with Crippen LogP contribution < -0.4 is 5.32 Å². The van der Waals surface area contributed by atoms with Crippen LogP contribution in [0.5, 0.6) is 0 Å². The molecule has 2 rings (SSSR count). The lowest BCUT2D eigenvalue weighted by Gasteiger charge is -2.19. The maximum Gasteiger partial charge on any atom is 0.320 e. The Morgan fingerprint density at radius 1 is 1.47 bits per heavy atom. The number of rotatable bonds is 7. The van der Waals surface area contributed by atoms with Gasteiger partial charge in [0.05, 0.1) is 0 Å². The molecule has 0 aromatic heterocycles. The number of carboxylic acid groups (broad SMARTS) is 1. The summed E-state index contributed by atoms with van der Waals surface area (Å²) < 4.78 is 0. The van der Waals surface area contributed by atoms with Gasteiger partial charge in [-0.1, -0.05) is 13.3 Å². The summed E-state index contributed by atoms with van der Waals surface area (Å²) in [6.07, 6.45) is 5.56. The Labute approximate surface area is 103 Å². The van der Waals surface area contributed by atoms with Crippen molar-refractivity contribution in [2.45, 2.75) is 51.1 Å². The molecule has 0 aromatic rings. The number of nitrogens with one attached hydrogen (secondary N) is 1. The Kier molecular flexibility index (Phi) is 4.40. The van der Waals surface area contributed by atoms with Crippen LogP contribution in [0.3, 0.4) is 0 Å². The molecular weight excluding hydrogens is 216 g/mol. The van der Waals surface area contributed by atoms with Crippen LogP contribution in [0.15, 0.2) is 0 Å². The Morgan fingerprint density at radius 3 is 2.76 bits per heavy atom. The lowest BCUT2D eigenvalue weighted by atomic mass is 10.1. The van der Waals surface area contributed by atoms with Gasteiger partial charge in [0.2, 0.25) is 0 Å². The fourth-order valence-corrected chi connectivity index (χ4v) is 2.57. The summed E-state index contributed by atoms with van der Waals surface area (Å²) in [5.74, 6) is 0.137. The fraction of sp³-hybridized carbons (Fsp3) is 0.923. The van der Waals surface area contributed by atoms with Gasteiger partial charge in [-0.3, -0.25) is 4.79 Å². The largest absolute Gasteiger partial charge is 0.480 e. The highest BCUT2D eigenvalue weighted by Crippen LogP contribution is 2.21. The Morgan fingerprint density at radius 2 is 2.24 bits per heavy atom. The van der Waals surface area contributed by atoms with Crippen molar-refractivity contribution < 1.29 is 9.90 Å². The van der Waals surface area contributed by atoms with Gasteiger partial charge in [-0.2, -0.15) is 0 Å². The summed E-state index contributed by atoms with van der Waals surface area (Å²) in [4.78, 5) is 13.5. The Hall–Kier alpha value is -0.610. The molecule has 2 N–H and O–H groups in total. The third-order valence-electron chi connectivity index (χ3n) is 3.99. The van der Waals surface area contributed by atoms with E-state index in [2.05, 4.69) is 17.1 Å². The van der Waals surface area contributed by atoms with Crippen LogP contribution in [0.25, 0.3) is 0 Å². The van der Waals surface area contributed by atoms with E-state index in [0.29, 0.717) is 6.04 Å². The number of aliphatic carboxylic acids is 1. The molecule has 0 amide bonds. The molecule has 1 saturated heterocycles. The van der Waals surface area contributed by atoms with Crippen LogP contribution in [-0.2, 0) is 4.79 Å². The molecule has 4 heteroatoms. The average molecular weight is 240 g/mol. The number of nitrogens with zero attached hydrogens (tertiary/aromatic N) is 1. The van der Waals surface area contributed by atoms with E-state index >= 15 is 0 Å². The molecule has 2 atom stereocenters. The first-order valence-corrected chi connectivity index (χ1v) is 6.90. The fourth-order valence-electron chi connectivity index (χ4n) is 2.57. The Bertz CT molecular complexity index is 266. The van der Waals surface area contributed by atoms with Gasteiger partial charge in [-0.15, -0.1) is 0 Å². The highest BCUT2D eigenvalue weighted by molar-refractivity contribution is 5.73. The van der Waals surface area contributed by atoms with Gasteiger partial charge in [0.1, 0.15) is 6.04 Å². The molecule has 1 aliphatic carbocycles. The van der Waals surface area contributed by atoms with Gasteiger partial charge < -0.3 is 15.3 Å². The molecule has 4 nitrogen and oxygen atoms in total. The van der Waals surface area contributed by atoms with Crippen molar-refractivity contribution in [2.24, 2.45) is 5.92 Å². The maximum atomic E-state index is 11.1. The van der Waals surface area contributed by atoms with Crippen LogP contribution in [-0.4, -0.2) is 47.7 Å². The van der Waals surface area contributed by atoms with Crippen LogP contribution in [0.4, 0.5) is 0 Å². The zero-order valence-corrected chi connectivity index (χ0v) is 10.7. The van der Waals surface area contributed by atoms with Crippen molar-refractivity contribution in [3.63, 3.8) is 0 Å². The molecule has 2 aliphatic rings. The van der Waals surface area contributed by atoms with Crippen molar-refractivity contribution in [3.8, 4) is 0 Å². The molecule has 2 unspecified atom stereocenters. The van der Waals surface area contributed by atoms with E-state index in [1.165, 1.54) is 12.8 Å². The first kappa shape index (κ1) is 12.8. The smallest absolute Gasteiger partial charge is 0.320 e. The lowest BCUT2D eigenvalue weighted by Crippen LogP contribution is -2.40. The van der Waals surface area contributed by atoms with Gasteiger partial charge in [0, 0.05) is 19.1 Å². The molecule has 0 radical (unpaired) electrons. The topological polar surface area (TPSA) is 52.6 Å². The molecule has 2 fully saturated rings. The standard InChI is InChI=1S/C13H24N2O2/c1-2-10-5-7-15(9-10)8-6-12(13(16)17)14-11-3-4-11/h10-12,14H,2-9H2,1H3,(H,16,17). The minimum Gasteiger partial charge on any atom is -0.480 e. The van der Waals surface area contributed by atoms with Gasteiger partial charge in [0.15, 0.2) is 0 Å². The van der Waals surface area contributed by atoms with E-state index in [1.54, 1.807) is 0 Å². The van der Waals surface area contributed by atoms with E-state index in [9.17, 15) is 4.79 Å². The normalized spacial score (nSPS) is 27.2. The number of hydrogen-bond acceptors (Lipinski definition) is 3. The van der Waals surface area contributed by atoms with Gasteiger partial charge in [0.25, 0.3) is 0 Å². The summed E-state index contributed by atoms with van der Waals surface area (Å²) in [7, 11) is 0. The zero-order valence-electron chi connectivity index (χ0n) is 10.7. The second kappa shape index (κ2) is 5.83. The van der Waals surface area contributed by atoms with E-state index in [0.717, 1.165) is 44.8 Å². The van der Waals surface area contributed by atoms with Crippen LogP contribution in [0, 0.1) is 5.92 Å². The van der Waals surface area contributed by atoms with Crippen LogP contribution >= 0.6 is 0 Å². The summed E-state index contributed by atoms with van der Waals surface area (Å²) in [6, 6.07) is 0.126. The highest BCUT2D eigenvalue weighted by atomic mass is 16.4. The Balaban J connectivity index is 1.69. The highest BCUT2D eigenvalue weighted by Gasteiger charge is 2.29. The first-order valence-electron chi connectivity index (χ1n) is 6.90. The minimum absolute atomic E-state index is 0.344. The molecule has 0 spiro atoms. The predicted molar refractivity (Wildman–Crippen MR) is 67.0 cm³/mol. The molecule has 0 aromatic carbocycles. The average Bonchev–Trinajstić information content (AvgIpc) is 3.01. The molecule has 0 bridgehead atoms. The summed E-state index contributed by atoms with van der Waals surface area (Å²) in [5, 5.41) is 12.4. The minimum atomic E-state index is -0.692. The molecular formula is C13H24N2O2. The monoisotopic (exact) mass is 240 g/mol. The molecule has 1 aliphatic heterocycles. The first-order chi connectivity index (χ1) is 8.19. The number of carbonyl (C=O) groups is 1. The second-order valence-corrected chi connectivity index (χ2v) is 5.48. The molecule has 17 heavy (non-hydrogen) atoms. The van der Waals surface area contributed by atoms with E-state index < -0.39 is 5.97 Å². The van der Waals surface area contributed by atoms with Crippen molar-refractivity contribution in [1.82, 2.24) is 10.2 Å². The molecule has 98 valence electrons. The van der Waals surface area contributed by atoms with E-state index in [4.69, 9.17) is 5.11 Å².